The molecule has 1 amide bonds. The van der Waals surface area contributed by atoms with Crippen LogP contribution in [0.1, 0.15) is 61.0 Å². The molecule has 0 spiro atoms. The fourth-order valence-electron chi connectivity index (χ4n) is 2.66. The van der Waals surface area contributed by atoms with E-state index in [1.54, 1.807) is 0 Å². The Morgan fingerprint density at radius 2 is 2.17 bits per heavy atom. The number of unbranched alkanes of at least 4 members (excludes halogenated alkanes) is 1. The van der Waals surface area contributed by atoms with Gasteiger partial charge in [-0.25, -0.2) is 0 Å². The average Bonchev–Trinajstić information content (AvgIpc) is 2.36. The summed E-state index contributed by atoms with van der Waals surface area (Å²) in [5, 5.41) is 3.01. The molecule has 98 valence electrons. The number of fused-ring (bicyclic) bond motifs is 1. The molecule has 1 unspecified atom stereocenters. The normalized spacial score (nSPS) is 18.7. The molecular weight excluding hydrogens is 222 g/mol. The number of rotatable bonds is 4. The third-order valence-corrected chi connectivity index (χ3v) is 3.87. The van der Waals surface area contributed by atoms with Crippen LogP contribution in [0.25, 0.3) is 0 Å². The second-order valence-corrected chi connectivity index (χ2v) is 5.59. The summed E-state index contributed by atoms with van der Waals surface area (Å²) in [5.74, 6) is 1.11. The van der Waals surface area contributed by atoms with Gasteiger partial charge in [0.05, 0.1) is 0 Å². The van der Waals surface area contributed by atoms with E-state index in [0.29, 0.717) is 11.8 Å². The molecule has 0 aliphatic carbocycles. The van der Waals surface area contributed by atoms with Crippen molar-refractivity contribution in [3.63, 3.8) is 0 Å². The predicted octanol–water partition coefficient (Wildman–Crippen LogP) is 3.51. The fourth-order valence-corrected chi connectivity index (χ4v) is 2.66. The van der Waals surface area contributed by atoms with Crippen LogP contribution in [0, 0.1) is 5.92 Å². The molecule has 0 radical (unpaired) electrons. The van der Waals surface area contributed by atoms with Gasteiger partial charge in [0, 0.05) is 18.0 Å². The first-order valence-electron chi connectivity index (χ1n) is 7.04. The summed E-state index contributed by atoms with van der Waals surface area (Å²) in [4.78, 5) is 12.0. The Kier molecular flexibility index (Phi) is 4.05. The maximum absolute atomic E-state index is 12.0. The van der Waals surface area contributed by atoms with Gasteiger partial charge in [-0.1, -0.05) is 39.3 Å². The minimum Gasteiger partial charge on any atom is -0.351 e. The molecule has 2 heteroatoms. The lowest BCUT2D eigenvalue weighted by atomic mass is 9.82. The van der Waals surface area contributed by atoms with Crippen LogP contribution in [-0.4, -0.2) is 12.5 Å². The highest BCUT2D eigenvalue weighted by Crippen LogP contribution is 2.30. The van der Waals surface area contributed by atoms with Crippen LogP contribution in [0.5, 0.6) is 0 Å². The number of hydrogen-bond acceptors (Lipinski definition) is 1. The van der Waals surface area contributed by atoms with Gasteiger partial charge in [0.15, 0.2) is 0 Å². The van der Waals surface area contributed by atoms with E-state index in [0.717, 1.165) is 18.5 Å². The number of benzene rings is 1. The van der Waals surface area contributed by atoms with Crippen molar-refractivity contribution in [2.75, 3.05) is 6.54 Å². The monoisotopic (exact) mass is 245 g/mol. The van der Waals surface area contributed by atoms with Gasteiger partial charge in [0.1, 0.15) is 0 Å². The average molecular weight is 245 g/mol. The highest BCUT2D eigenvalue weighted by molar-refractivity contribution is 5.97. The number of amides is 1. The zero-order valence-corrected chi connectivity index (χ0v) is 11.6. The molecule has 0 saturated carbocycles. The Bertz CT molecular complexity index is 437. The molecule has 1 atom stereocenters. The van der Waals surface area contributed by atoms with E-state index in [2.05, 4.69) is 44.3 Å². The quantitative estimate of drug-likeness (QED) is 0.864. The van der Waals surface area contributed by atoms with Gasteiger partial charge in [-0.3, -0.25) is 4.79 Å². The number of nitrogens with one attached hydrogen (secondary N) is 1. The molecule has 1 aromatic carbocycles. The van der Waals surface area contributed by atoms with Crippen molar-refractivity contribution in [3.05, 3.63) is 34.9 Å². The largest absolute Gasteiger partial charge is 0.351 e. The maximum atomic E-state index is 12.0. The van der Waals surface area contributed by atoms with Crippen molar-refractivity contribution in [3.8, 4) is 0 Å². The van der Waals surface area contributed by atoms with Gasteiger partial charge in [-0.15, -0.1) is 0 Å². The molecule has 1 aromatic rings. The molecule has 0 fully saturated rings. The van der Waals surface area contributed by atoms with Crippen LogP contribution in [0.15, 0.2) is 18.2 Å². The standard InChI is InChI=1S/C16H23NO/c1-4-5-6-12-7-8-13-14(9-12)16(18)17-10-15(13)11(2)3/h7-9,11,15H,4-6,10H2,1-3H3,(H,17,18). The first kappa shape index (κ1) is 13.1. The second-order valence-electron chi connectivity index (χ2n) is 5.59. The summed E-state index contributed by atoms with van der Waals surface area (Å²) in [6, 6.07) is 6.46. The molecular formula is C16H23NO. The highest BCUT2D eigenvalue weighted by atomic mass is 16.1. The van der Waals surface area contributed by atoms with Crippen LogP contribution in [0.3, 0.4) is 0 Å². The zero-order chi connectivity index (χ0) is 13.1. The van der Waals surface area contributed by atoms with Crippen molar-refractivity contribution < 1.29 is 4.79 Å². The third-order valence-electron chi connectivity index (χ3n) is 3.87. The molecule has 1 aliphatic heterocycles. The smallest absolute Gasteiger partial charge is 0.251 e. The summed E-state index contributed by atoms with van der Waals surface area (Å²) >= 11 is 0. The van der Waals surface area contributed by atoms with Gasteiger partial charge in [-0.2, -0.15) is 0 Å². The summed E-state index contributed by atoms with van der Waals surface area (Å²) in [6.45, 7) is 7.41. The lowest BCUT2D eigenvalue weighted by Gasteiger charge is -2.29. The van der Waals surface area contributed by atoms with Crippen LogP contribution in [0.4, 0.5) is 0 Å². The summed E-state index contributed by atoms with van der Waals surface area (Å²) in [6.07, 6.45) is 3.45. The van der Waals surface area contributed by atoms with Crippen molar-refractivity contribution in [2.45, 2.75) is 46.0 Å². The number of carbonyl (C=O) groups excluding carboxylic acids is 1. The summed E-state index contributed by atoms with van der Waals surface area (Å²) in [7, 11) is 0. The highest BCUT2D eigenvalue weighted by Gasteiger charge is 2.27. The molecule has 1 aliphatic rings. The third kappa shape index (κ3) is 2.58. The SMILES string of the molecule is CCCCc1ccc2c(c1)C(=O)NCC2C(C)C. The molecule has 0 bridgehead atoms. The van der Waals surface area contributed by atoms with Gasteiger partial charge >= 0.3 is 0 Å². The molecule has 2 nitrogen and oxygen atoms in total. The topological polar surface area (TPSA) is 29.1 Å². The van der Waals surface area contributed by atoms with Gasteiger partial charge in [0.2, 0.25) is 0 Å². The van der Waals surface area contributed by atoms with E-state index < -0.39 is 0 Å². The zero-order valence-electron chi connectivity index (χ0n) is 11.6. The molecule has 2 rings (SSSR count). The van der Waals surface area contributed by atoms with E-state index in [-0.39, 0.29) is 5.91 Å². The van der Waals surface area contributed by atoms with Crippen LogP contribution >= 0.6 is 0 Å². The predicted molar refractivity (Wildman–Crippen MR) is 75.0 cm³/mol. The minimum atomic E-state index is 0.0975. The van der Waals surface area contributed by atoms with E-state index in [4.69, 9.17) is 0 Å². The minimum absolute atomic E-state index is 0.0975. The van der Waals surface area contributed by atoms with Crippen LogP contribution in [-0.2, 0) is 6.42 Å². The van der Waals surface area contributed by atoms with Gasteiger partial charge in [-0.05, 0) is 36.0 Å². The van der Waals surface area contributed by atoms with Gasteiger partial charge < -0.3 is 5.32 Å². The van der Waals surface area contributed by atoms with E-state index in [1.165, 1.54) is 24.0 Å². The maximum Gasteiger partial charge on any atom is 0.251 e. The number of aryl methyl sites for hydroxylation is 1. The Morgan fingerprint density at radius 1 is 1.39 bits per heavy atom. The van der Waals surface area contributed by atoms with Crippen molar-refractivity contribution in [1.82, 2.24) is 5.32 Å². The lowest BCUT2D eigenvalue weighted by molar-refractivity contribution is 0.0936. The summed E-state index contributed by atoms with van der Waals surface area (Å²) < 4.78 is 0. The van der Waals surface area contributed by atoms with E-state index in [9.17, 15) is 4.79 Å². The molecule has 1 N–H and O–H groups in total. The molecule has 0 saturated heterocycles. The molecule has 0 aromatic heterocycles. The fraction of sp³-hybridized carbons (Fsp3) is 0.562. The Labute approximate surface area is 110 Å². The summed E-state index contributed by atoms with van der Waals surface area (Å²) in [5.41, 5.74) is 3.41. The Morgan fingerprint density at radius 3 is 2.83 bits per heavy atom. The Balaban J connectivity index is 2.31. The van der Waals surface area contributed by atoms with Crippen LogP contribution in [0.2, 0.25) is 0 Å². The van der Waals surface area contributed by atoms with E-state index in [1.807, 2.05) is 0 Å². The van der Waals surface area contributed by atoms with Crippen molar-refractivity contribution in [2.24, 2.45) is 5.92 Å². The van der Waals surface area contributed by atoms with Crippen molar-refractivity contribution in [1.29, 1.82) is 0 Å². The van der Waals surface area contributed by atoms with Gasteiger partial charge in [0.25, 0.3) is 5.91 Å². The Hall–Kier alpha value is -1.31. The molecule has 1 heterocycles. The van der Waals surface area contributed by atoms with Crippen LogP contribution < -0.4 is 5.32 Å². The second kappa shape index (κ2) is 5.55. The molecule has 18 heavy (non-hydrogen) atoms. The number of carbonyl (C=O) groups is 1. The number of hydrogen-bond donors (Lipinski definition) is 1. The first-order chi connectivity index (χ1) is 8.63. The van der Waals surface area contributed by atoms with Crippen molar-refractivity contribution >= 4 is 5.91 Å². The lowest BCUT2D eigenvalue weighted by Crippen LogP contribution is -2.36. The first-order valence-corrected chi connectivity index (χ1v) is 7.04. The van der Waals surface area contributed by atoms with E-state index >= 15 is 0 Å².